The van der Waals surface area contributed by atoms with E-state index in [0.717, 1.165) is 28.2 Å². The molecule has 5 nitrogen and oxygen atoms in total. The van der Waals surface area contributed by atoms with Crippen LogP contribution in [0.5, 0.6) is 0 Å². The normalized spacial score (nSPS) is 10.2. The van der Waals surface area contributed by atoms with Crippen LogP contribution in [-0.2, 0) is 6.54 Å². The minimum absolute atomic E-state index is 0.195. The van der Waals surface area contributed by atoms with Crippen LogP contribution < -0.4 is 5.32 Å². The second-order valence-corrected chi connectivity index (χ2v) is 5.15. The quantitative estimate of drug-likeness (QED) is 0.676. The molecule has 0 atom stereocenters. The highest BCUT2D eigenvalue weighted by Gasteiger charge is 2.16. The molecule has 0 heterocycles. The van der Waals surface area contributed by atoms with Crippen LogP contribution in [0.25, 0.3) is 0 Å². The highest BCUT2D eigenvalue weighted by molar-refractivity contribution is 9.10. The first kappa shape index (κ1) is 15.1. The second kappa shape index (κ2) is 6.45. The number of benzene rings is 2. The number of nitrogens with zero attached hydrogens (tertiary/aromatic N) is 1. The molecule has 1 N–H and O–H groups in total. The summed E-state index contributed by atoms with van der Waals surface area (Å²) < 4.78 is 14.4. The Hall–Kier alpha value is -2.28. The first-order valence-corrected chi connectivity index (χ1v) is 6.73. The molecule has 0 saturated heterocycles. The van der Waals surface area contributed by atoms with E-state index in [2.05, 4.69) is 21.2 Å². The Morgan fingerprint density at radius 1 is 1.29 bits per heavy atom. The fourth-order valence-corrected chi connectivity index (χ4v) is 2.17. The van der Waals surface area contributed by atoms with Crippen molar-refractivity contribution in [2.45, 2.75) is 6.54 Å². The first-order valence-electron chi connectivity index (χ1n) is 5.94. The molecular formula is C14H10BrFN2O3. The number of carbonyl (C=O) groups is 1. The number of hydrogen-bond acceptors (Lipinski definition) is 3. The number of hydrogen-bond donors (Lipinski definition) is 1. The summed E-state index contributed by atoms with van der Waals surface area (Å²) in [7, 11) is 0. The highest BCUT2D eigenvalue weighted by atomic mass is 79.9. The fourth-order valence-electron chi connectivity index (χ4n) is 1.73. The molecule has 0 aliphatic heterocycles. The van der Waals surface area contributed by atoms with Gasteiger partial charge >= 0.3 is 0 Å². The molecule has 0 fully saturated rings. The lowest BCUT2D eigenvalue weighted by molar-refractivity contribution is -0.384. The standard InChI is InChI=1S/C14H10BrFN2O3/c15-10-3-1-2-9(6-10)8-17-14(19)12-7-11(18(20)21)4-5-13(12)16/h1-7H,8H2,(H,17,19). The summed E-state index contributed by atoms with van der Waals surface area (Å²) in [6.07, 6.45) is 0. The van der Waals surface area contributed by atoms with E-state index < -0.39 is 16.6 Å². The predicted octanol–water partition coefficient (Wildman–Crippen LogP) is 3.43. The zero-order valence-electron chi connectivity index (χ0n) is 10.7. The summed E-state index contributed by atoms with van der Waals surface area (Å²) in [4.78, 5) is 21.9. The predicted molar refractivity (Wildman–Crippen MR) is 78.4 cm³/mol. The minimum Gasteiger partial charge on any atom is -0.348 e. The lowest BCUT2D eigenvalue weighted by Crippen LogP contribution is -2.24. The third-order valence-electron chi connectivity index (χ3n) is 2.75. The highest BCUT2D eigenvalue weighted by Crippen LogP contribution is 2.17. The Labute approximate surface area is 128 Å². The first-order chi connectivity index (χ1) is 9.97. The molecule has 0 unspecified atom stereocenters. The van der Waals surface area contributed by atoms with Gasteiger partial charge in [-0.3, -0.25) is 14.9 Å². The molecule has 0 radical (unpaired) electrons. The van der Waals surface area contributed by atoms with Gasteiger partial charge < -0.3 is 5.32 Å². The van der Waals surface area contributed by atoms with Crippen LogP contribution in [-0.4, -0.2) is 10.8 Å². The van der Waals surface area contributed by atoms with Crippen LogP contribution in [0.15, 0.2) is 46.9 Å². The van der Waals surface area contributed by atoms with Gasteiger partial charge in [-0.2, -0.15) is 0 Å². The number of halogens is 2. The number of non-ortho nitro benzene ring substituents is 1. The average Bonchev–Trinajstić information content (AvgIpc) is 2.45. The van der Waals surface area contributed by atoms with Gasteiger partial charge in [-0.1, -0.05) is 28.1 Å². The Bertz CT molecular complexity index is 706. The summed E-state index contributed by atoms with van der Waals surface area (Å²) in [5, 5.41) is 13.2. The minimum atomic E-state index is -0.799. The topological polar surface area (TPSA) is 72.2 Å². The van der Waals surface area contributed by atoms with Crippen molar-refractivity contribution in [3.63, 3.8) is 0 Å². The van der Waals surface area contributed by atoms with Gasteiger partial charge in [-0.15, -0.1) is 0 Å². The lowest BCUT2D eigenvalue weighted by atomic mass is 10.1. The van der Waals surface area contributed by atoms with Crippen molar-refractivity contribution in [2.24, 2.45) is 0 Å². The Balaban J connectivity index is 2.13. The Morgan fingerprint density at radius 3 is 2.71 bits per heavy atom. The van der Waals surface area contributed by atoms with E-state index in [1.807, 2.05) is 12.1 Å². The lowest BCUT2D eigenvalue weighted by Gasteiger charge is -2.06. The van der Waals surface area contributed by atoms with Crippen LogP contribution in [0.4, 0.5) is 10.1 Å². The van der Waals surface area contributed by atoms with Gasteiger partial charge in [0.15, 0.2) is 0 Å². The maximum Gasteiger partial charge on any atom is 0.270 e. The summed E-state index contributed by atoms with van der Waals surface area (Å²) in [6, 6.07) is 10.1. The fraction of sp³-hybridized carbons (Fsp3) is 0.0714. The molecule has 1 amide bonds. The number of nitrogens with one attached hydrogen (secondary N) is 1. The van der Waals surface area contributed by atoms with E-state index in [4.69, 9.17) is 0 Å². The molecule has 2 rings (SSSR count). The molecule has 7 heteroatoms. The van der Waals surface area contributed by atoms with E-state index in [9.17, 15) is 19.3 Å². The molecule has 0 aliphatic rings. The molecule has 0 bridgehead atoms. The Kier molecular flexibility index (Phi) is 4.64. The molecule has 21 heavy (non-hydrogen) atoms. The average molecular weight is 353 g/mol. The molecule has 108 valence electrons. The zero-order chi connectivity index (χ0) is 15.4. The van der Waals surface area contributed by atoms with E-state index >= 15 is 0 Å². The smallest absolute Gasteiger partial charge is 0.270 e. The number of nitro benzene ring substituents is 1. The Morgan fingerprint density at radius 2 is 2.05 bits per heavy atom. The van der Waals surface area contributed by atoms with Crippen molar-refractivity contribution >= 4 is 27.5 Å². The summed E-state index contributed by atoms with van der Waals surface area (Å²) in [5.74, 6) is -1.50. The third-order valence-corrected chi connectivity index (χ3v) is 3.24. The van der Waals surface area contributed by atoms with Crippen molar-refractivity contribution in [3.8, 4) is 0 Å². The number of carbonyl (C=O) groups excluding carboxylic acids is 1. The van der Waals surface area contributed by atoms with Gasteiger partial charge in [0.2, 0.25) is 0 Å². The molecule has 0 aromatic heterocycles. The number of rotatable bonds is 4. The molecule has 0 saturated carbocycles. The molecule has 0 spiro atoms. The third kappa shape index (κ3) is 3.85. The summed E-state index contributed by atoms with van der Waals surface area (Å²) in [6.45, 7) is 0.195. The van der Waals surface area contributed by atoms with Crippen molar-refractivity contribution < 1.29 is 14.1 Å². The van der Waals surface area contributed by atoms with Crippen LogP contribution in [0, 0.1) is 15.9 Å². The zero-order valence-corrected chi connectivity index (χ0v) is 12.3. The maximum absolute atomic E-state index is 13.6. The number of amides is 1. The van der Waals surface area contributed by atoms with Crippen molar-refractivity contribution in [2.75, 3.05) is 0 Å². The molecule has 2 aromatic rings. The molecule has 2 aromatic carbocycles. The molecular weight excluding hydrogens is 343 g/mol. The van der Waals surface area contributed by atoms with Crippen molar-refractivity contribution in [3.05, 3.63) is 74.0 Å². The summed E-state index contributed by atoms with van der Waals surface area (Å²) in [5.41, 5.74) is 0.145. The van der Waals surface area contributed by atoms with Gasteiger partial charge in [0, 0.05) is 23.2 Å². The number of nitro groups is 1. The summed E-state index contributed by atoms with van der Waals surface area (Å²) >= 11 is 3.30. The van der Waals surface area contributed by atoms with Crippen LogP contribution >= 0.6 is 15.9 Å². The monoisotopic (exact) mass is 352 g/mol. The van der Waals surface area contributed by atoms with Crippen molar-refractivity contribution in [1.29, 1.82) is 0 Å². The van der Waals surface area contributed by atoms with Gasteiger partial charge in [-0.25, -0.2) is 4.39 Å². The van der Waals surface area contributed by atoms with Gasteiger partial charge in [-0.05, 0) is 23.8 Å². The van der Waals surface area contributed by atoms with E-state index in [1.165, 1.54) is 0 Å². The maximum atomic E-state index is 13.6. The molecule has 0 aliphatic carbocycles. The van der Waals surface area contributed by atoms with Gasteiger partial charge in [0.05, 0.1) is 10.5 Å². The van der Waals surface area contributed by atoms with E-state index in [0.29, 0.717) is 0 Å². The SMILES string of the molecule is O=C(NCc1cccc(Br)c1)c1cc([N+](=O)[O-])ccc1F. The van der Waals surface area contributed by atoms with Crippen LogP contribution in [0.1, 0.15) is 15.9 Å². The van der Waals surface area contributed by atoms with E-state index in [-0.39, 0.29) is 17.8 Å². The van der Waals surface area contributed by atoms with Crippen LogP contribution in [0.2, 0.25) is 0 Å². The van der Waals surface area contributed by atoms with Crippen LogP contribution in [0.3, 0.4) is 0 Å². The van der Waals surface area contributed by atoms with Crippen molar-refractivity contribution in [1.82, 2.24) is 5.32 Å². The van der Waals surface area contributed by atoms with Gasteiger partial charge in [0.1, 0.15) is 5.82 Å². The van der Waals surface area contributed by atoms with E-state index in [1.54, 1.807) is 12.1 Å². The van der Waals surface area contributed by atoms with Gasteiger partial charge in [0.25, 0.3) is 11.6 Å². The largest absolute Gasteiger partial charge is 0.348 e. The second-order valence-electron chi connectivity index (χ2n) is 4.23.